The third-order valence-electron chi connectivity index (χ3n) is 6.97. The maximum Gasteiger partial charge on any atom is 0.306 e. The summed E-state index contributed by atoms with van der Waals surface area (Å²) < 4.78 is 39.9. The van der Waals surface area contributed by atoms with Crippen LogP contribution in [0.3, 0.4) is 0 Å². The number of nitrogens with zero attached hydrogens (tertiary/aromatic N) is 2. The molecule has 2 heterocycles. The quantitative estimate of drug-likeness (QED) is 0.329. The van der Waals surface area contributed by atoms with Crippen molar-refractivity contribution in [3.63, 3.8) is 0 Å². The van der Waals surface area contributed by atoms with Crippen molar-refractivity contribution in [3.05, 3.63) is 77.1 Å². The zero-order chi connectivity index (χ0) is 24.8. The summed E-state index contributed by atoms with van der Waals surface area (Å²) in [5.41, 5.74) is 4.05. The van der Waals surface area contributed by atoms with E-state index in [9.17, 15) is 4.79 Å². The average molecular weight is 489 g/mol. The van der Waals surface area contributed by atoms with Crippen molar-refractivity contribution in [2.75, 3.05) is 13.7 Å². The SMILES string of the molecule is COC(=O)CC1COc2cc(OC3CCc4c(Oc5nc6ccccc6n5C)ccc(F)c43)ccc21. The molecule has 8 heteroatoms. The minimum Gasteiger partial charge on any atom is -0.492 e. The monoisotopic (exact) mass is 488 g/mol. The maximum absolute atomic E-state index is 15.0. The molecule has 6 rings (SSSR count). The molecular formula is C28H25FN2O5. The number of fused-ring (bicyclic) bond motifs is 3. The van der Waals surface area contributed by atoms with Crippen LogP contribution in [0.4, 0.5) is 4.39 Å². The van der Waals surface area contributed by atoms with Gasteiger partial charge in [0.25, 0.3) is 0 Å². The molecule has 2 unspecified atom stereocenters. The molecule has 0 bridgehead atoms. The number of carbonyl (C=O) groups is 1. The summed E-state index contributed by atoms with van der Waals surface area (Å²) in [6.45, 7) is 0.414. The first kappa shape index (κ1) is 22.4. The van der Waals surface area contributed by atoms with E-state index < -0.39 is 6.10 Å². The van der Waals surface area contributed by atoms with E-state index in [1.165, 1.54) is 13.2 Å². The molecule has 0 fully saturated rings. The zero-order valence-electron chi connectivity index (χ0n) is 20.0. The highest BCUT2D eigenvalue weighted by molar-refractivity contribution is 5.76. The van der Waals surface area contributed by atoms with Gasteiger partial charge in [-0.3, -0.25) is 9.36 Å². The predicted molar refractivity (Wildman–Crippen MR) is 130 cm³/mol. The lowest BCUT2D eigenvalue weighted by Crippen LogP contribution is -2.09. The lowest BCUT2D eigenvalue weighted by atomic mass is 9.98. The second-order valence-electron chi connectivity index (χ2n) is 9.11. The van der Waals surface area contributed by atoms with Crippen LogP contribution >= 0.6 is 0 Å². The van der Waals surface area contributed by atoms with Gasteiger partial charge in [0.2, 0.25) is 0 Å². The first-order chi connectivity index (χ1) is 17.5. The zero-order valence-corrected chi connectivity index (χ0v) is 20.0. The Labute approximate surface area is 207 Å². The number of ether oxygens (including phenoxy) is 4. The van der Waals surface area contributed by atoms with Crippen LogP contribution in [0.5, 0.6) is 23.3 Å². The summed E-state index contributed by atoms with van der Waals surface area (Å²) in [5.74, 6) is 1.21. The second-order valence-corrected chi connectivity index (χ2v) is 9.11. The standard InChI is InChI=1S/C28H25FN2O5/c1-31-22-6-4-3-5-21(22)30-28(31)36-23-12-10-20(29)27-19(23)9-11-24(27)35-17-7-8-18-16(13-26(32)33-2)15-34-25(18)14-17/h3-8,10,12,14,16,24H,9,11,13,15H2,1-2H3. The van der Waals surface area contributed by atoms with Crippen molar-refractivity contribution in [3.8, 4) is 23.3 Å². The van der Waals surface area contributed by atoms with E-state index >= 15 is 4.39 Å². The van der Waals surface area contributed by atoms with Crippen molar-refractivity contribution in [1.82, 2.24) is 9.55 Å². The number of hydrogen-bond donors (Lipinski definition) is 0. The fraction of sp³-hybridized carbons (Fsp3) is 0.286. The molecule has 0 amide bonds. The topological polar surface area (TPSA) is 71.8 Å². The van der Waals surface area contributed by atoms with Gasteiger partial charge >= 0.3 is 12.0 Å². The molecule has 2 atom stereocenters. The van der Waals surface area contributed by atoms with Gasteiger partial charge in [0.15, 0.2) is 0 Å². The molecule has 1 aliphatic carbocycles. The average Bonchev–Trinajstić information content (AvgIpc) is 3.58. The van der Waals surface area contributed by atoms with E-state index in [0.717, 1.165) is 22.2 Å². The van der Waals surface area contributed by atoms with Crippen LogP contribution in [0.1, 0.15) is 41.6 Å². The molecule has 3 aromatic carbocycles. The Kier molecular flexibility index (Phi) is 5.51. The lowest BCUT2D eigenvalue weighted by Gasteiger charge is -2.17. The van der Waals surface area contributed by atoms with E-state index in [0.29, 0.717) is 48.3 Å². The van der Waals surface area contributed by atoms with Gasteiger partial charge in [0.05, 0.1) is 31.2 Å². The number of halogens is 1. The number of esters is 1. The highest BCUT2D eigenvalue weighted by Gasteiger charge is 2.32. The molecule has 0 radical (unpaired) electrons. The van der Waals surface area contributed by atoms with Gasteiger partial charge in [0.1, 0.15) is 29.2 Å². The first-order valence-electron chi connectivity index (χ1n) is 11.9. The van der Waals surface area contributed by atoms with Crippen molar-refractivity contribution in [2.45, 2.75) is 31.3 Å². The molecule has 7 nitrogen and oxygen atoms in total. The van der Waals surface area contributed by atoms with Crippen LogP contribution in [0.2, 0.25) is 0 Å². The van der Waals surface area contributed by atoms with Gasteiger partial charge in [0, 0.05) is 35.7 Å². The van der Waals surface area contributed by atoms with E-state index in [1.807, 2.05) is 54.1 Å². The van der Waals surface area contributed by atoms with Crippen LogP contribution in [-0.4, -0.2) is 29.2 Å². The smallest absolute Gasteiger partial charge is 0.306 e. The molecule has 36 heavy (non-hydrogen) atoms. The number of rotatable bonds is 6. The van der Waals surface area contributed by atoms with Crippen LogP contribution in [0.15, 0.2) is 54.6 Å². The largest absolute Gasteiger partial charge is 0.492 e. The van der Waals surface area contributed by atoms with Crippen LogP contribution < -0.4 is 14.2 Å². The van der Waals surface area contributed by atoms with Crippen molar-refractivity contribution in [1.29, 1.82) is 0 Å². The summed E-state index contributed by atoms with van der Waals surface area (Å²) in [5, 5.41) is 0. The van der Waals surface area contributed by atoms with E-state index in [1.54, 1.807) is 6.07 Å². The Morgan fingerprint density at radius 2 is 2.06 bits per heavy atom. The van der Waals surface area contributed by atoms with Crippen molar-refractivity contribution >= 4 is 17.0 Å². The van der Waals surface area contributed by atoms with Gasteiger partial charge in [-0.15, -0.1) is 0 Å². The molecule has 0 saturated heterocycles. The molecule has 0 N–H and O–H groups in total. The van der Waals surface area contributed by atoms with Gasteiger partial charge in [-0.2, -0.15) is 4.98 Å². The summed E-state index contributed by atoms with van der Waals surface area (Å²) >= 11 is 0. The predicted octanol–water partition coefficient (Wildman–Crippen LogP) is 5.61. The Balaban J connectivity index is 1.24. The highest BCUT2D eigenvalue weighted by atomic mass is 19.1. The fourth-order valence-electron chi connectivity index (χ4n) is 5.12. The molecular weight excluding hydrogens is 463 g/mol. The Morgan fingerprint density at radius 1 is 1.19 bits per heavy atom. The van der Waals surface area contributed by atoms with Gasteiger partial charge in [-0.05, 0) is 43.2 Å². The van der Waals surface area contributed by atoms with Crippen LogP contribution in [-0.2, 0) is 23.0 Å². The minimum absolute atomic E-state index is 0.0476. The fourth-order valence-corrected chi connectivity index (χ4v) is 5.12. The lowest BCUT2D eigenvalue weighted by molar-refractivity contribution is -0.141. The number of benzene rings is 3. The number of methoxy groups -OCH3 is 1. The summed E-state index contributed by atoms with van der Waals surface area (Å²) in [6.07, 6.45) is 1.06. The number of aryl methyl sites for hydroxylation is 1. The third kappa shape index (κ3) is 3.82. The van der Waals surface area contributed by atoms with E-state index in [-0.39, 0.29) is 24.1 Å². The van der Waals surface area contributed by atoms with Gasteiger partial charge in [-0.25, -0.2) is 4.39 Å². The highest BCUT2D eigenvalue weighted by Crippen LogP contribution is 2.44. The Bertz CT molecular complexity index is 1480. The van der Waals surface area contributed by atoms with Gasteiger partial charge in [-0.1, -0.05) is 18.2 Å². The summed E-state index contributed by atoms with van der Waals surface area (Å²) in [7, 11) is 3.27. The minimum atomic E-state index is -0.450. The number of aromatic nitrogens is 2. The Morgan fingerprint density at radius 3 is 2.89 bits per heavy atom. The second kappa shape index (κ2) is 8.86. The Hall–Kier alpha value is -4.07. The molecule has 0 saturated carbocycles. The molecule has 2 aliphatic rings. The van der Waals surface area contributed by atoms with Crippen molar-refractivity contribution < 1.29 is 28.1 Å². The summed E-state index contributed by atoms with van der Waals surface area (Å²) in [6, 6.07) is 16.9. The number of carbonyl (C=O) groups excluding carboxylic acids is 1. The molecule has 184 valence electrons. The number of hydrogen-bond acceptors (Lipinski definition) is 6. The van der Waals surface area contributed by atoms with E-state index in [2.05, 4.69) is 4.98 Å². The molecule has 0 spiro atoms. The number of para-hydroxylation sites is 2. The maximum atomic E-state index is 15.0. The molecule has 1 aromatic heterocycles. The van der Waals surface area contributed by atoms with Gasteiger partial charge < -0.3 is 18.9 Å². The van der Waals surface area contributed by atoms with E-state index in [4.69, 9.17) is 18.9 Å². The van der Waals surface area contributed by atoms with Crippen LogP contribution in [0, 0.1) is 5.82 Å². The summed E-state index contributed by atoms with van der Waals surface area (Å²) in [4.78, 5) is 16.3. The number of imidazole rings is 1. The molecule has 1 aliphatic heterocycles. The molecule has 4 aromatic rings. The first-order valence-corrected chi connectivity index (χ1v) is 11.9. The normalized spacial score (nSPS) is 18.0. The van der Waals surface area contributed by atoms with Crippen LogP contribution in [0.25, 0.3) is 11.0 Å². The third-order valence-corrected chi connectivity index (χ3v) is 6.97. The van der Waals surface area contributed by atoms with Crippen molar-refractivity contribution in [2.24, 2.45) is 7.05 Å².